The zero-order valence-corrected chi connectivity index (χ0v) is 24.3. The van der Waals surface area contributed by atoms with E-state index in [1.54, 1.807) is 35.6 Å². The summed E-state index contributed by atoms with van der Waals surface area (Å²) in [6.45, 7) is 7.24. The summed E-state index contributed by atoms with van der Waals surface area (Å²) in [5, 5.41) is 4.51. The van der Waals surface area contributed by atoms with Crippen molar-refractivity contribution < 1.29 is 13.6 Å². The molecular weight excluding hydrogens is 568 g/mol. The molecule has 0 saturated heterocycles. The van der Waals surface area contributed by atoms with Gasteiger partial charge in [0.1, 0.15) is 16.5 Å². The molecule has 0 spiro atoms. The van der Waals surface area contributed by atoms with Crippen molar-refractivity contribution in [2.24, 2.45) is 16.3 Å². The maximum Gasteiger partial charge on any atom is 0.255 e. The van der Waals surface area contributed by atoms with E-state index in [4.69, 9.17) is 13.8 Å². The van der Waals surface area contributed by atoms with Crippen LogP contribution in [-0.4, -0.2) is 12.1 Å². The van der Waals surface area contributed by atoms with Crippen molar-refractivity contribution in [1.29, 1.82) is 0 Å². The molecule has 3 aromatic heterocycles. The van der Waals surface area contributed by atoms with Crippen LogP contribution in [0.3, 0.4) is 0 Å². The Hall–Kier alpha value is -2.55. The van der Waals surface area contributed by atoms with Crippen LogP contribution in [0, 0.1) is 11.3 Å². The van der Waals surface area contributed by atoms with E-state index in [0.29, 0.717) is 23.8 Å². The van der Waals surface area contributed by atoms with Gasteiger partial charge in [0.2, 0.25) is 0 Å². The molecule has 1 amide bonds. The smallest absolute Gasteiger partial charge is 0.255 e. The summed E-state index contributed by atoms with van der Waals surface area (Å²) in [5.41, 5.74) is 2.04. The average Bonchev–Trinajstić information content (AvgIpc) is 3.60. The average molecular weight is 598 g/mol. The van der Waals surface area contributed by atoms with E-state index in [9.17, 15) is 4.79 Å². The number of rotatable bonds is 7. The number of benzene rings is 1. The number of nitrogens with zero attached hydrogens (tertiary/aromatic N) is 1. The molecule has 1 aromatic carbocycles. The Kier molecular flexibility index (Phi) is 7.79. The van der Waals surface area contributed by atoms with Crippen LogP contribution < -0.4 is 5.32 Å². The molecule has 1 aliphatic carbocycles. The van der Waals surface area contributed by atoms with Crippen LogP contribution in [0.5, 0.6) is 0 Å². The minimum Gasteiger partial charge on any atom is -0.467 e. The lowest BCUT2D eigenvalue weighted by Gasteiger charge is -2.33. The number of amides is 1. The normalized spacial score (nSPS) is 15.7. The van der Waals surface area contributed by atoms with Gasteiger partial charge < -0.3 is 14.2 Å². The monoisotopic (exact) mass is 596 g/mol. The van der Waals surface area contributed by atoms with E-state index >= 15 is 0 Å². The van der Waals surface area contributed by atoms with Gasteiger partial charge in [0, 0.05) is 15.8 Å². The number of aliphatic imine (C=N–C) groups is 1. The third-order valence-electron chi connectivity index (χ3n) is 6.64. The van der Waals surface area contributed by atoms with Gasteiger partial charge in [-0.1, -0.05) is 50.7 Å². The molecule has 37 heavy (non-hydrogen) atoms. The van der Waals surface area contributed by atoms with Crippen LogP contribution in [0.25, 0.3) is 0 Å². The number of halogens is 1. The summed E-state index contributed by atoms with van der Waals surface area (Å²) in [5.74, 6) is 1.81. The molecule has 1 N–H and O–H groups in total. The molecule has 192 valence electrons. The molecular formula is C29H29BrN2O3S2. The number of nitrogens with one attached hydrogen (secondary N) is 1. The molecule has 0 saturated carbocycles. The number of fused-ring (bicyclic) bond motifs is 1. The fraction of sp³-hybridized carbons (Fsp3) is 0.310. The van der Waals surface area contributed by atoms with Gasteiger partial charge in [-0.15, -0.1) is 11.3 Å². The van der Waals surface area contributed by atoms with Gasteiger partial charge in [-0.3, -0.25) is 4.79 Å². The predicted octanol–water partition coefficient (Wildman–Crippen LogP) is 8.68. The first-order valence-corrected chi connectivity index (χ1v) is 14.7. The van der Waals surface area contributed by atoms with Crippen LogP contribution in [0.15, 0.2) is 83.1 Å². The number of hydrogen-bond donors (Lipinski definition) is 1. The molecule has 1 atom stereocenters. The second kappa shape index (κ2) is 11.1. The van der Waals surface area contributed by atoms with Crippen LogP contribution in [0.4, 0.5) is 5.00 Å². The highest BCUT2D eigenvalue weighted by Crippen LogP contribution is 2.45. The number of carbonyl (C=O) groups is 1. The lowest BCUT2D eigenvalue weighted by atomic mass is 9.72. The number of carbonyl (C=O) groups excluding carboxylic acids is 1. The van der Waals surface area contributed by atoms with Crippen molar-refractivity contribution in [1.82, 2.24) is 5.32 Å². The largest absolute Gasteiger partial charge is 0.467 e. The van der Waals surface area contributed by atoms with Gasteiger partial charge in [-0.25, -0.2) is 4.99 Å². The van der Waals surface area contributed by atoms with Gasteiger partial charge >= 0.3 is 0 Å². The number of furan rings is 2. The summed E-state index contributed by atoms with van der Waals surface area (Å²) in [7, 11) is 0. The highest BCUT2D eigenvalue weighted by Gasteiger charge is 2.33. The fourth-order valence-electron chi connectivity index (χ4n) is 4.52. The Labute approximate surface area is 233 Å². The standard InChI is InChI=1S/C29H29BrN2O3S2/c1-29(2,3)18-11-12-22-24(14-18)37-27(25(22)26(33)31-16-19-8-7-13-34-19)32-17-20-15-23(30)28(35-20)36-21-9-5-4-6-10-21/h4-10,13,15,17-18H,11-12,14,16H2,1-3H3,(H,31,33)/t18-/m0/s1. The molecule has 5 rings (SSSR count). The summed E-state index contributed by atoms with van der Waals surface area (Å²) in [6.07, 6.45) is 6.25. The van der Waals surface area contributed by atoms with Crippen molar-refractivity contribution in [3.05, 3.63) is 86.8 Å². The molecule has 8 heteroatoms. The Morgan fingerprint density at radius 2 is 2.05 bits per heavy atom. The zero-order valence-electron chi connectivity index (χ0n) is 21.0. The molecule has 0 unspecified atom stereocenters. The van der Waals surface area contributed by atoms with E-state index in [1.807, 2.05) is 48.5 Å². The third kappa shape index (κ3) is 6.13. The Bertz CT molecular complexity index is 1400. The first-order chi connectivity index (χ1) is 17.8. The number of hydrogen-bond acceptors (Lipinski definition) is 6. The third-order valence-corrected chi connectivity index (χ3v) is 9.65. The molecule has 0 aliphatic heterocycles. The predicted molar refractivity (Wildman–Crippen MR) is 153 cm³/mol. The molecule has 0 fully saturated rings. The van der Waals surface area contributed by atoms with Gasteiger partial charge in [0.25, 0.3) is 5.91 Å². The van der Waals surface area contributed by atoms with Crippen molar-refractivity contribution in [2.45, 2.75) is 56.6 Å². The van der Waals surface area contributed by atoms with Gasteiger partial charge in [-0.2, -0.15) is 0 Å². The summed E-state index contributed by atoms with van der Waals surface area (Å²) in [4.78, 5) is 20.5. The fourth-order valence-corrected chi connectivity index (χ4v) is 7.14. The summed E-state index contributed by atoms with van der Waals surface area (Å²) >= 11 is 6.78. The minimum absolute atomic E-state index is 0.115. The van der Waals surface area contributed by atoms with Crippen molar-refractivity contribution >= 4 is 56.2 Å². The summed E-state index contributed by atoms with van der Waals surface area (Å²) < 4.78 is 12.3. The van der Waals surface area contributed by atoms with Gasteiger partial charge in [0.15, 0.2) is 5.09 Å². The van der Waals surface area contributed by atoms with Crippen molar-refractivity contribution in [2.75, 3.05) is 0 Å². The second-order valence-electron chi connectivity index (χ2n) is 10.2. The van der Waals surface area contributed by atoms with Crippen LogP contribution in [0.2, 0.25) is 0 Å². The molecule has 0 radical (unpaired) electrons. The van der Waals surface area contributed by atoms with E-state index in [0.717, 1.165) is 50.0 Å². The first-order valence-electron chi connectivity index (χ1n) is 12.3. The van der Waals surface area contributed by atoms with Crippen LogP contribution in [0.1, 0.15) is 59.5 Å². The lowest BCUT2D eigenvalue weighted by molar-refractivity contribution is 0.0947. The van der Waals surface area contributed by atoms with E-state index < -0.39 is 0 Å². The maximum absolute atomic E-state index is 13.4. The van der Waals surface area contributed by atoms with Gasteiger partial charge in [0.05, 0.1) is 29.1 Å². The van der Waals surface area contributed by atoms with Crippen LogP contribution >= 0.6 is 39.0 Å². The SMILES string of the molecule is CC(C)(C)[C@H]1CCc2c(sc(N=Cc3cc(Br)c(Sc4ccccc4)o3)c2C(=O)NCc2ccco2)C1. The Balaban J connectivity index is 1.42. The zero-order chi connectivity index (χ0) is 26.0. The van der Waals surface area contributed by atoms with E-state index in [1.165, 1.54) is 4.88 Å². The van der Waals surface area contributed by atoms with Gasteiger partial charge in [-0.05, 0) is 76.4 Å². The van der Waals surface area contributed by atoms with E-state index in [-0.39, 0.29) is 11.3 Å². The highest BCUT2D eigenvalue weighted by atomic mass is 79.9. The quantitative estimate of drug-likeness (QED) is 0.217. The lowest BCUT2D eigenvalue weighted by Crippen LogP contribution is -2.28. The first kappa shape index (κ1) is 26.1. The molecule has 4 aromatic rings. The second-order valence-corrected chi connectivity index (χ2v) is 13.2. The van der Waals surface area contributed by atoms with Crippen molar-refractivity contribution in [3.8, 4) is 0 Å². The summed E-state index contributed by atoms with van der Waals surface area (Å²) in [6, 6.07) is 15.7. The minimum atomic E-state index is -0.115. The van der Waals surface area contributed by atoms with Crippen LogP contribution in [-0.2, 0) is 19.4 Å². The molecule has 3 heterocycles. The maximum atomic E-state index is 13.4. The Morgan fingerprint density at radius 1 is 1.24 bits per heavy atom. The van der Waals surface area contributed by atoms with Crippen molar-refractivity contribution in [3.63, 3.8) is 0 Å². The highest BCUT2D eigenvalue weighted by molar-refractivity contribution is 9.10. The topological polar surface area (TPSA) is 67.7 Å². The number of thiophene rings is 1. The molecule has 1 aliphatic rings. The Morgan fingerprint density at radius 3 is 2.78 bits per heavy atom. The molecule has 5 nitrogen and oxygen atoms in total. The van der Waals surface area contributed by atoms with E-state index in [2.05, 4.69) is 42.0 Å². The molecule has 0 bridgehead atoms.